The lowest BCUT2D eigenvalue weighted by Gasteiger charge is -2.39. The summed E-state index contributed by atoms with van der Waals surface area (Å²) in [6.07, 6.45) is 1.97. The molecule has 0 spiro atoms. The summed E-state index contributed by atoms with van der Waals surface area (Å²) in [6.45, 7) is 0. The number of nitrogens with zero attached hydrogens (tertiary/aromatic N) is 2. The smallest absolute Gasteiger partial charge is 0.254 e. The maximum Gasteiger partial charge on any atom is 0.254 e. The van der Waals surface area contributed by atoms with Gasteiger partial charge >= 0.3 is 0 Å². The van der Waals surface area contributed by atoms with Crippen molar-refractivity contribution in [2.24, 2.45) is 7.05 Å². The number of carbonyl (C=O) groups excluding carboxylic acids is 2. The van der Waals surface area contributed by atoms with Gasteiger partial charge in [-0.05, 0) is 35.9 Å². The summed E-state index contributed by atoms with van der Waals surface area (Å²) in [6, 6.07) is 18.6. The number of rotatable bonds is 3. The van der Waals surface area contributed by atoms with Crippen LogP contribution in [-0.4, -0.2) is 28.3 Å². The van der Waals surface area contributed by atoms with E-state index in [0.717, 1.165) is 16.5 Å². The van der Waals surface area contributed by atoms with Crippen LogP contribution in [0.2, 0.25) is 5.02 Å². The first-order chi connectivity index (χ1) is 15.9. The van der Waals surface area contributed by atoms with Gasteiger partial charge in [0.05, 0.1) is 17.0 Å². The van der Waals surface area contributed by atoms with Crippen molar-refractivity contribution < 1.29 is 14.0 Å². The van der Waals surface area contributed by atoms with E-state index in [4.69, 9.17) is 11.6 Å². The number of anilines is 1. The normalized spacial score (nSPS) is 17.8. The highest BCUT2D eigenvalue weighted by Crippen LogP contribution is 2.44. The highest BCUT2D eigenvalue weighted by Gasteiger charge is 2.43. The molecule has 5 rings (SSSR count). The number of amides is 2. The average Bonchev–Trinajstić information content (AvgIpc) is 3.14. The van der Waals surface area contributed by atoms with Crippen molar-refractivity contribution in [2.45, 2.75) is 12.0 Å². The van der Waals surface area contributed by atoms with E-state index in [0.29, 0.717) is 16.8 Å². The Labute approximate surface area is 195 Å². The van der Waals surface area contributed by atoms with Crippen molar-refractivity contribution in [1.82, 2.24) is 9.47 Å². The third kappa shape index (κ3) is 3.47. The van der Waals surface area contributed by atoms with Gasteiger partial charge in [-0.25, -0.2) is 4.39 Å². The molecule has 0 bridgehead atoms. The molecule has 2 atom stereocenters. The maximum atomic E-state index is 13.7. The van der Waals surface area contributed by atoms with Gasteiger partial charge in [-0.3, -0.25) is 9.59 Å². The van der Waals surface area contributed by atoms with Gasteiger partial charge in [0, 0.05) is 48.0 Å². The van der Waals surface area contributed by atoms with E-state index in [2.05, 4.69) is 5.32 Å². The second kappa shape index (κ2) is 8.05. The standard InChI is InChI=1S/C26H21ClFN3O2/c1-30-14-19(16-7-5-6-10-22(16)30)24-23(17-8-3-4-9-18(17)26(33)31(24)2)25(32)29-15-11-12-21(28)20(27)13-15/h3-14,23-24H,1-2H3,(H,29,32). The lowest BCUT2D eigenvalue weighted by atomic mass is 9.79. The minimum atomic E-state index is -0.682. The number of para-hydroxylation sites is 1. The third-order valence-electron chi connectivity index (χ3n) is 6.30. The number of nitrogens with one attached hydrogen (secondary N) is 1. The molecule has 1 N–H and O–H groups in total. The van der Waals surface area contributed by atoms with Crippen LogP contribution in [0.25, 0.3) is 10.9 Å². The summed E-state index contributed by atoms with van der Waals surface area (Å²) in [5.74, 6) is -1.69. The van der Waals surface area contributed by atoms with Crippen LogP contribution in [-0.2, 0) is 11.8 Å². The fourth-order valence-electron chi connectivity index (χ4n) is 4.75. The first-order valence-corrected chi connectivity index (χ1v) is 10.9. The van der Waals surface area contributed by atoms with Gasteiger partial charge in [0.15, 0.2) is 0 Å². The molecule has 0 radical (unpaired) electrons. The summed E-state index contributed by atoms with van der Waals surface area (Å²) < 4.78 is 15.6. The predicted octanol–water partition coefficient (Wildman–Crippen LogP) is 5.52. The summed E-state index contributed by atoms with van der Waals surface area (Å²) in [5, 5.41) is 3.78. The van der Waals surface area contributed by atoms with Gasteiger partial charge in [0.25, 0.3) is 5.91 Å². The number of aryl methyl sites for hydroxylation is 1. The maximum absolute atomic E-state index is 13.7. The van der Waals surface area contributed by atoms with E-state index in [-0.39, 0.29) is 16.8 Å². The number of carbonyl (C=O) groups is 2. The Morgan fingerprint density at radius 2 is 1.73 bits per heavy atom. The molecule has 33 heavy (non-hydrogen) atoms. The van der Waals surface area contributed by atoms with Gasteiger partial charge in [0.2, 0.25) is 5.91 Å². The van der Waals surface area contributed by atoms with Crippen molar-refractivity contribution in [3.05, 3.63) is 100 Å². The first-order valence-electron chi connectivity index (χ1n) is 10.5. The fourth-order valence-corrected chi connectivity index (χ4v) is 4.93. The molecule has 4 aromatic rings. The molecule has 2 unspecified atom stereocenters. The predicted molar refractivity (Wildman–Crippen MR) is 127 cm³/mol. The Kier molecular flexibility index (Phi) is 5.17. The SMILES string of the molecule is CN1C(=O)c2ccccc2C(C(=O)Nc2ccc(F)c(Cl)c2)C1c1cn(C)c2ccccc12. The molecule has 3 aromatic carbocycles. The third-order valence-corrected chi connectivity index (χ3v) is 6.59. The largest absolute Gasteiger partial charge is 0.350 e. The Morgan fingerprint density at radius 1 is 1.00 bits per heavy atom. The van der Waals surface area contributed by atoms with E-state index in [1.807, 2.05) is 54.2 Å². The molecule has 7 heteroatoms. The van der Waals surface area contributed by atoms with E-state index < -0.39 is 17.8 Å². The van der Waals surface area contributed by atoms with Gasteiger partial charge in [0.1, 0.15) is 5.82 Å². The van der Waals surface area contributed by atoms with Gasteiger partial charge in [-0.1, -0.05) is 48.0 Å². The molecule has 0 fully saturated rings. The lowest BCUT2D eigenvalue weighted by Crippen LogP contribution is -2.44. The first kappa shape index (κ1) is 21.2. The van der Waals surface area contributed by atoms with Gasteiger partial charge in [-0.15, -0.1) is 0 Å². The summed E-state index contributed by atoms with van der Waals surface area (Å²) in [4.78, 5) is 28.6. The molecule has 0 saturated heterocycles. The average molecular weight is 462 g/mol. The molecular formula is C26H21ClFN3O2. The minimum Gasteiger partial charge on any atom is -0.350 e. The molecule has 1 aliphatic heterocycles. The topological polar surface area (TPSA) is 54.3 Å². The molecule has 166 valence electrons. The molecule has 1 aliphatic rings. The van der Waals surface area contributed by atoms with E-state index in [1.165, 1.54) is 18.2 Å². The zero-order chi connectivity index (χ0) is 23.3. The quantitative estimate of drug-likeness (QED) is 0.436. The fraction of sp³-hybridized carbons (Fsp3) is 0.154. The van der Waals surface area contributed by atoms with Crippen molar-refractivity contribution in [3.8, 4) is 0 Å². The molecule has 5 nitrogen and oxygen atoms in total. The molecule has 0 aliphatic carbocycles. The van der Waals surface area contributed by atoms with Crippen LogP contribution in [0.1, 0.15) is 33.4 Å². The number of hydrogen-bond donors (Lipinski definition) is 1. The Hall–Kier alpha value is -3.64. The highest BCUT2D eigenvalue weighted by atomic mass is 35.5. The van der Waals surface area contributed by atoms with Crippen LogP contribution in [0.4, 0.5) is 10.1 Å². The van der Waals surface area contributed by atoms with Crippen LogP contribution in [0.3, 0.4) is 0 Å². The molecule has 0 saturated carbocycles. The summed E-state index contributed by atoms with van der Waals surface area (Å²) >= 11 is 5.92. The van der Waals surface area contributed by atoms with Gasteiger partial charge < -0.3 is 14.8 Å². The summed E-state index contributed by atoms with van der Waals surface area (Å²) in [7, 11) is 3.67. The number of hydrogen-bond acceptors (Lipinski definition) is 2. The monoisotopic (exact) mass is 461 g/mol. The zero-order valence-corrected chi connectivity index (χ0v) is 18.8. The van der Waals surface area contributed by atoms with E-state index in [9.17, 15) is 14.0 Å². The summed E-state index contributed by atoms with van der Waals surface area (Å²) in [5.41, 5.74) is 3.44. The van der Waals surface area contributed by atoms with Crippen molar-refractivity contribution in [2.75, 3.05) is 12.4 Å². The Balaban J connectivity index is 1.66. The Morgan fingerprint density at radius 3 is 2.52 bits per heavy atom. The zero-order valence-electron chi connectivity index (χ0n) is 18.0. The second-order valence-electron chi connectivity index (χ2n) is 8.26. The second-order valence-corrected chi connectivity index (χ2v) is 8.66. The van der Waals surface area contributed by atoms with Crippen LogP contribution >= 0.6 is 11.6 Å². The number of benzene rings is 3. The number of likely N-dealkylation sites (N-methyl/N-ethyl adjacent to an activating group) is 1. The lowest BCUT2D eigenvalue weighted by molar-refractivity contribution is -0.119. The number of halogens is 2. The van der Waals surface area contributed by atoms with Crippen molar-refractivity contribution in [3.63, 3.8) is 0 Å². The molecule has 2 heterocycles. The molecule has 1 aromatic heterocycles. The van der Waals surface area contributed by atoms with Gasteiger partial charge in [-0.2, -0.15) is 0 Å². The van der Waals surface area contributed by atoms with Crippen molar-refractivity contribution in [1.29, 1.82) is 0 Å². The van der Waals surface area contributed by atoms with E-state index in [1.54, 1.807) is 24.1 Å². The van der Waals surface area contributed by atoms with Crippen molar-refractivity contribution >= 4 is 40.0 Å². The van der Waals surface area contributed by atoms with E-state index >= 15 is 0 Å². The minimum absolute atomic E-state index is 0.0743. The highest BCUT2D eigenvalue weighted by molar-refractivity contribution is 6.31. The number of aromatic nitrogens is 1. The van der Waals surface area contributed by atoms with Crippen LogP contribution < -0.4 is 5.32 Å². The van der Waals surface area contributed by atoms with Crippen LogP contribution in [0.15, 0.2) is 72.9 Å². The van der Waals surface area contributed by atoms with Crippen LogP contribution in [0, 0.1) is 5.82 Å². The molecule has 2 amide bonds. The molecular weight excluding hydrogens is 441 g/mol. The number of fused-ring (bicyclic) bond motifs is 2. The Bertz CT molecular complexity index is 1410. The van der Waals surface area contributed by atoms with Crippen LogP contribution in [0.5, 0.6) is 0 Å².